The minimum Gasteiger partial charge on any atom is -0.363 e. The zero-order valence-corrected chi connectivity index (χ0v) is 11.5. The van der Waals surface area contributed by atoms with Gasteiger partial charge in [0.05, 0.1) is 0 Å². The second-order valence-electron chi connectivity index (χ2n) is 5.27. The van der Waals surface area contributed by atoms with Gasteiger partial charge in [0.15, 0.2) is 0 Å². The standard InChI is InChI=1S/C14H21F2N3/c1-10-9-18(2)4-3-5-19(10)14-12(15)6-11(8-17)7-13(14)16/h6-7,10H,3-5,8-9,17H2,1-2H3. The molecular weight excluding hydrogens is 248 g/mol. The lowest BCUT2D eigenvalue weighted by Gasteiger charge is -2.30. The number of likely N-dealkylation sites (N-methyl/N-ethyl adjacent to an activating group) is 1. The minimum absolute atomic E-state index is 0.0833. The van der Waals surface area contributed by atoms with Gasteiger partial charge < -0.3 is 15.5 Å². The first-order valence-corrected chi connectivity index (χ1v) is 6.66. The summed E-state index contributed by atoms with van der Waals surface area (Å²) in [5.74, 6) is -1.03. The molecule has 1 atom stereocenters. The molecule has 2 N–H and O–H groups in total. The lowest BCUT2D eigenvalue weighted by molar-refractivity contribution is 0.336. The summed E-state index contributed by atoms with van der Waals surface area (Å²) in [5.41, 5.74) is 6.00. The van der Waals surface area contributed by atoms with Crippen molar-refractivity contribution in [1.29, 1.82) is 0 Å². The van der Waals surface area contributed by atoms with Crippen molar-refractivity contribution >= 4 is 5.69 Å². The molecule has 1 aromatic carbocycles. The van der Waals surface area contributed by atoms with Crippen LogP contribution in [-0.4, -0.2) is 37.6 Å². The Labute approximate surface area is 113 Å². The molecule has 0 aromatic heterocycles. The molecule has 3 nitrogen and oxygen atoms in total. The van der Waals surface area contributed by atoms with Gasteiger partial charge in [-0.1, -0.05) is 0 Å². The molecule has 1 unspecified atom stereocenters. The number of benzene rings is 1. The quantitative estimate of drug-likeness (QED) is 0.890. The van der Waals surface area contributed by atoms with Crippen LogP contribution in [-0.2, 0) is 6.54 Å². The van der Waals surface area contributed by atoms with Crippen LogP contribution in [0.4, 0.5) is 14.5 Å². The van der Waals surface area contributed by atoms with Gasteiger partial charge in [0.2, 0.25) is 0 Å². The van der Waals surface area contributed by atoms with E-state index in [0.29, 0.717) is 12.1 Å². The Morgan fingerprint density at radius 2 is 1.89 bits per heavy atom. The number of nitrogens with two attached hydrogens (primary N) is 1. The van der Waals surface area contributed by atoms with Crippen LogP contribution in [0, 0.1) is 11.6 Å². The van der Waals surface area contributed by atoms with E-state index in [4.69, 9.17) is 5.73 Å². The average Bonchev–Trinajstić information content (AvgIpc) is 2.50. The molecule has 0 radical (unpaired) electrons. The molecule has 2 rings (SSSR count). The molecule has 19 heavy (non-hydrogen) atoms. The van der Waals surface area contributed by atoms with E-state index >= 15 is 0 Å². The fourth-order valence-electron chi connectivity index (χ4n) is 2.71. The summed E-state index contributed by atoms with van der Waals surface area (Å²) in [7, 11) is 2.03. The maximum atomic E-state index is 14.1. The number of hydrogen-bond donors (Lipinski definition) is 1. The van der Waals surface area contributed by atoms with Crippen molar-refractivity contribution in [3.8, 4) is 0 Å². The summed E-state index contributed by atoms with van der Waals surface area (Å²) in [6.07, 6.45) is 0.901. The molecule has 0 bridgehead atoms. The van der Waals surface area contributed by atoms with Crippen LogP contribution in [0.5, 0.6) is 0 Å². The number of rotatable bonds is 2. The van der Waals surface area contributed by atoms with E-state index in [9.17, 15) is 8.78 Å². The summed E-state index contributed by atoms with van der Waals surface area (Å²) in [6.45, 7) is 4.56. The van der Waals surface area contributed by atoms with Crippen LogP contribution in [0.1, 0.15) is 18.9 Å². The van der Waals surface area contributed by atoms with Crippen molar-refractivity contribution in [3.63, 3.8) is 0 Å². The van der Waals surface area contributed by atoms with E-state index in [0.717, 1.165) is 19.5 Å². The topological polar surface area (TPSA) is 32.5 Å². The highest BCUT2D eigenvalue weighted by Crippen LogP contribution is 2.28. The summed E-state index contributed by atoms with van der Waals surface area (Å²) in [4.78, 5) is 4.02. The highest BCUT2D eigenvalue weighted by Gasteiger charge is 2.25. The molecule has 1 heterocycles. The second kappa shape index (κ2) is 5.84. The van der Waals surface area contributed by atoms with Gasteiger partial charge in [-0.15, -0.1) is 0 Å². The Balaban J connectivity index is 2.35. The van der Waals surface area contributed by atoms with E-state index < -0.39 is 11.6 Å². The molecule has 0 amide bonds. The molecule has 1 aliphatic heterocycles. The van der Waals surface area contributed by atoms with E-state index in [1.54, 1.807) is 0 Å². The number of hydrogen-bond acceptors (Lipinski definition) is 3. The van der Waals surface area contributed by atoms with E-state index in [1.165, 1.54) is 12.1 Å². The Kier molecular flexibility index (Phi) is 4.37. The number of anilines is 1. The van der Waals surface area contributed by atoms with Gasteiger partial charge in [0, 0.05) is 25.7 Å². The molecule has 1 fully saturated rings. The van der Waals surface area contributed by atoms with Crippen molar-refractivity contribution < 1.29 is 8.78 Å². The van der Waals surface area contributed by atoms with Crippen LogP contribution < -0.4 is 10.6 Å². The third-order valence-electron chi connectivity index (χ3n) is 3.65. The number of nitrogens with zero attached hydrogens (tertiary/aromatic N) is 2. The first kappa shape index (κ1) is 14.2. The smallest absolute Gasteiger partial charge is 0.149 e. The van der Waals surface area contributed by atoms with Crippen LogP contribution in [0.3, 0.4) is 0 Å². The van der Waals surface area contributed by atoms with Gasteiger partial charge in [0.25, 0.3) is 0 Å². The lowest BCUT2D eigenvalue weighted by Crippen LogP contribution is -2.39. The molecule has 0 aliphatic carbocycles. The summed E-state index contributed by atoms with van der Waals surface area (Å²) in [6, 6.07) is 2.75. The van der Waals surface area contributed by atoms with Crippen LogP contribution >= 0.6 is 0 Å². The highest BCUT2D eigenvalue weighted by atomic mass is 19.1. The largest absolute Gasteiger partial charge is 0.363 e. The molecule has 106 valence electrons. The van der Waals surface area contributed by atoms with Crippen molar-refractivity contribution in [2.24, 2.45) is 5.73 Å². The van der Waals surface area contributed by atoms with Gasteiger partial charge in [-0.2, -0.15) is 0 Å². The average molecular weight is 269 g/mol. The zero-order valence-electron chi connectivity index (χ0n) is 11.5. The molecule has 1 saturated heterocycles. The summed E-state index contributed by atoms with van der Waals surface area (Å²) >= 11 is 0. The van der Waals surface area contributed by atoms with Crippen LogP contribution in [0.25, 0.3) is 0 Å². The van der Waals surface area contributed by atoms with Crippen LogP contribution in [0.2, 0.25) is 0 Å². The molecule has 0 saturated carbocycles. The van der Waals surface area contributed by atoms with Crippen molar-refractivity contribution in [2.75, 3.05) is 31.6 Å². The van der Waals surface area contributed by atoms with Crippen LogP contribution in [0.15, 0.2) is 12.1 Å². The van der Waals surface area contributed by atoms with Crippen molar-refractivity contribution in [3.05, 3.63) is 29.3 Å². The van der Waals surface area contributed by atoms with Crippen molar-refractivity contribution in [1.82, 2.24) is 4.90 Å². The third-order valence-corrected chi connectivity index (χ3v) is 3.65. The Morgan fingerprint density at radius 3 is 2.47 bits per heavy atom. The fraction of sp³-hybridized carbons (Fsp3) is 0.571. The monoisotopic (exact) mass is 269 g/mol. The molecule has 1 aromatic rings. The Hall–Kier alpha value is -1.20. The summed E-state index contributed by atoms with van der Waals surface area (Å²) in [5, 5.41) is 0. The third kappa shape index (κ3) is 3.04. The molecular formula is C14H21F2N3. The SMILES string of the molecule is CC1CN(C)CCCN1c1c(F)cc(CN)cc1F. The fourth-order valence-corrected chi connectivity index (χ4v) is 2.71. The first-order chi connectivity index (χ1) is 9.02. The lowest BCUT2D eigenvalue weighted by atomic mass is 10.1. The normalized spacial score (nSPS) is 21.5. The Morgan fingerprint density at radius 1 is 1.26 bits per heavy atom. The van der Waals surface area contributed by atoms with E-state index in [1.807, 2.05) is 18.9 Å². The van der Waals surface area contributed by atoms with Gasteiger partial charge in [-0.3, -0.25) is 0 Å². The maximum Gasteiger partial charge on any atom is 0.149 e. The van der Waals surface area contributed by atoms with E-state index in [2.05, 4.69) is 4.90 Å². The minimum atomic E-state index is -0.517. The predicted molar refractivity (Wildman–Crippen MR) is 73.2 cm³/mol. The van der Waals surface area contributed by atoms with Gasteiger partial charge in [0.1, 0.15) is 17.3 Å². The van der Waals surface area contributed by atoms with Crippen molar-refractivity contribution in [2.45, 2.75) is 25.9 Å². The maximum absolute atomic E-state index is 14.1. The number of halogens is 2. The van der Waals surface area contributed by atoms with E-state index in [-0.39, 0.29) is 18.3 Å². The van der Waals surface area contributed by atoms with Gasteiger partial charge in [-0.25, -0.2) is 8.78 Å². The summed E-state index contributed by atoms with van der Waals surface area (Å²) < 4.78 is 28.3. The predicted octanol–water partition coefficient (Wildman–Crippen LogP) is 1.95. The molecule has 5 heteroatoms. The molecule has 0 spiro atoms. The first-order valence-electron chi connectivity index (χ1n) is 6.66. The molecule has 1 aliphatic rings. The second-order valence-corrected chi connectivity index (χ2v) is 5.27. The van der Waals surface area contributed by atoms with Gasteiger partial charge >= 0.3 is 0 Å². The highest BCUT2D eigenvalue weighted by molar-refractivity contribution is 5.51. The zero-order chi connectivity index (χ0) is 14.0. The van der Waals surface area contributed by atoms with Gasteiger partial charge in [-0.05, 0) is 44.6 Å². The Bertz CT molecular complexity index is 427.